The molecule has 1 aromatic carbocycles. The van der Waals surface area contributed by atoms with Crippen molar-refractivity contribution in [3.05, 3.63) is 35.4 Å². The fourth-order valence-corrected chi connectivity index (χ4v) is 1.43. The van der Waals surface area contributed by atoms with Crippen molar-refractivity contribution in [3.8, 4) is 11.5 Å². The molecular formula is C10H9ClO2. The van der Waals surface area contributed by atoms with Crippen LogP contribution in [-0.4, -0.2) is 6.79 Å². The first-order valence-electron chi connectivity index (χ1n) is 3.97. The Hall–Kier alpha value is -1.15. The van der Waals surface area contributed by atoms with Gasteiger partial charge in [-0.15, -0.1) is 0 Å². The van der Waals surface area contributed by atoms with Crippen molar-refractivity contribution in [3.63, 3.8) is 0 Å². The maximum Gasteiger partial charge on any atom is 0.231 e. The molecule has 0 unspecified atom stereocenters. The van der Waals surface area contributed by atoms with Gasteiger partial charge in [-0.25, -0.2) is 0 Å². The van der Waals surface area contributed by atoms with Gasteiger partial charge in [0.25, 0.3) is 0 Å². The highest BCUT2D eigenvalue weighted by Gasteiger charge is 2.12. The van der Waals surface area contributed by atoms with Crippen LogP contribution >= 0.6 is 11.6 Å². The molecule has 0 amide bonds. The Morgan fingerprint density at radius 1 is 1.38 bits per heavy atom. The summed E-state index contributed by atoms with van der Waals surface area (Å²) in [5.74, 6) is 1.58. The SMILES string of the molecule is C=C(Cl)Cc1ccc2c(c1)OCO2. The van der Waals surface area contributed by atoms with Gasteiger partial charge in [0.15, 0.2) is 11.5 Å². The lowest BCUT2D eigenvalue weighted by atomic mass is 10.1. The lowest BCUT2D eigenvalue weighted by Gasteiger charge is -2.00. The normalized spacial score (nSPS) is 13.0. The fourth-order valence-electron chi connectivity index (χ4n) is 1.27. The van der Waals surface area contributed by atoms with E-state index in [1.54, 1.807) is 0 Å². The van der Waals surface area contributed by atoms with E-state index in [9.17, 15) is 0 Å². The second kappa shape index (κ2) is 3.30. The van der Waals surface area contributed by atoms with Crippen molar-refractivity contribution in [1.82, 2.24) is 0 Å². The summed E-state index contributed by atoms with van der Waals surface area (Å²) in [5.41, 5.74) is 1.09. The average Bonchev–Trinajstić information content (AvgIpc) is 2.49. The first-order valence-corrected chi connectivity index (χ1v) is 4.35. The highest BCUT2D eigenvalue weighted by atomic mass is 35.5. The fraction of sp³-hybridized carbons (Fsp3) is 0.200. The molecule has 13 heavy (non-hydrogen) atoms. The first-order chi connectivity index (χ1) is 6.25. The van der Waals surface area contributed by atoms with Crippen LogP contribution in [0.3, 0.4) is 0 Å². The van der Waals surface area contributed by atoms with E-state index >= 15 is 0 Å². The number of fused-ring (bicyclic) bond motifs is 1. The minimum atomic E-state index is 0.306. The topological polar surface area (TPSA) is 18.5 Å². The number of ether oxygens (including phenoxy) is 2. The zero-order valence-electron chi connectivity index (χ0n) is 7.05. The van der Waals surface area contributed by atoms with Crippen LogP contribution in [0.25, 0.3) is 0 Å². The molecule has 0 fully saturated rings. The van der Waals surface area contributed by atoms with Gasteiger partial charge < -0.3 is 9.47 Å². The summed E-state index contributed by atoms with van der Waals surface area (Å²) in [6.07, 6.45) is 0.665. The zero-order chi connectivity index (χ0) is 9.26. The third kappa shape index (κ3) is 1.78. The lowest BCUT2D eigenvalue weighted by Crippen LogP contribution is -1.92. The predicted octanol–water partition coefficient (Wildman–Crippen LogP) is 2.71. The van der Waals surface area contributed by atoms with Gasteiger partial charge in [0.05, 0.1) is 0 Å². The molecule has 3 heteroatoms. The standard InChI is InChI=1S/C10H9ClO2/c1-7(11)4-8-2-3-9-10(5-8)13-6-12-9/h2-3,5H,1,4,6H2. The Bertz CT molecular complexity index is 347. The van der Waals surface area contributed by atoms with E-state index in [2.05, 4.69) is 6.58 Å². The molecule has 2 nitrogen and oxygen atoms in total. The first kappa shape index (κ1) is 8.45. The Labute approximate surface area is 81.7 Å². The zero-order valence-corrected chi connectivity index (χ0v) is 7.80. The van der Waals surface area contributed by atoms with E-state index in [1.165, 1.54) is 0 Å². The van der Waals surface area contributed by atoms with Crippen LogP contribution in [0.15, 0.2) is 29.8 Å². The van der Waals surface area contributed by atoms with Gasteiger partial charge in [-0.1, -0.05) is 24.2 Å². The molecule has 0 radical (unpaired) electrons. The van der Waals surface area contributed by atoms with Crippen LogP contribution in [0.1, 0.15) is 5.56 Å². The quantitative estimate of drug-likeness (QED) is 0.724. The third-order valence-electron chi connectivity index (χ3n) is 1.83. The Balaban J connectivity index is 2.25. The van der Waals surface area contributed by atoms with Crippen molar-refractivity contribution in [2.75, 3.05) is 6.79 Å². The van der Waals surface area contributed by atoms with E-state index in [0.717, 1.165) is 17.1 Å². The highest BCUT2D eigenvalue weighted by molar-refractivity contribution is 6.29. The predicted molar refractivity (Wildman–Crippen MR) is 51.3 cm³/mol. The second-order valence-corrected chi connectivity index (χ2v) is 3.42. The Kier molecular flexibility index (Phi) is 2.15. The molecular weight excluding hydrogens is 188 g/mol. The summed E-state index contributed by atoms with van der Waals surface area (Å²) >= 11 is 5.70. The molecule has 68 valence electrons. The molecule has 0 N–H and O–H groups in total. The molecule has 2 rings (SSSR count). The van der Waals surface area contributed by atoms with Gasteiger partial charge in [-0.05, 0) is 17.7 Å². The van der Waals surface area contributed by atoms with Gasteiger partial charge in [0.2, 0.25) is 6.79 Å². The largest absolute Gasteiger partial charge is 0.454 e. The van der Waals surface area contributed by atoms with Gasteiger partial charge in [0.1, 0.15) is 0 Å². The average molecular weight is 197 g/mol. The molecule has 1 aliphatic rings. The van der Waals surface area contributed by atoms with Crippen LogP contribution in [0, 0.1) is 0 Å². The molecule has 0 atom stereocenters. The maximum atomic E-state index is 5.70. The summed E-state index contributed by atoms with van der Waals surface area (Å²) in [5, 5.41) is 0.624. The molecule has 1 heterocycles. The highest BCUT2D eigenvalue weighted by Crippen LogP contribution is 2.33. The van der Waals surface area contributed by atoms with Crippen molar-refractivity contribution in [1.29, 1.82) is 0 Å². The summed E-state index contributed by atoms with van der Waals surface area (Å²) in [6, 6.07) is 5.77. The van der Waals surface area contributed by atoms with E-state index < -0.39 is 0 Å². The number of allylic oxidation sites excluding steroid dienone is 1. The summed E-state index contributed by atoms with van der Waals surface area (Å²) in [4.78, 5) is 0. The molecule has 1 aliphatic heterocycles. The molecule has 0 saturated heterocycles. The van der Waals surface area contributed by atoms with Crippen molar-refractivity contribution in [2.24, 2.45) is 0 Å². The van der Waals surface area contributed by atoms with Crippen molar-refractivity contribution < 1.29 is 9.47 Å². The summed E-state index contributed by atoms with van der Waals surface area (Å²) < 4.78 is 10.4. The molecule has 0 aromatic heterocycles. The van der Waals surface area contributed by atoms with Crippen LogP contribution < -0.4 is 9.47 Å². The van der Waals surface area contributed by atoms with Crippen molar-refractivity contribution >= 4 is 11.6 Å². The van der Waals surface area contributed by atoms with Crippen LogP contribution in [0.5, 0.6) is 11.5 Å². The van der Waals surface area contributed by atoms with Crippen molar-refractivity contribution in [2.45, 2.75) is 6.42 Å². The van der Waals surface area contributed by atoms with Crippen LogP contribution in [0.2, 0.25) is 0 Å². The number of hydrogen-bond acceptors (Lipinski definition) is 2. The minimum absolute atomic E-state index is 0.306. The van der Waals surface area contributed by atoms with Gasteiger partial charge in [-0.3, -0.25) is 0 Å². The molecule has 0 aliphatic carbocycles. The van der Waals surface area contributed by atoms with E-state index in [1.807, 2.05) is 18.2 Å². The molecule has 0 bridgehead atoms. The lowest BCUT2D eigenvalue weighted by molar-refractivity contribution is 0.174. The monoisotopic (exact) mass is 196 g/mol. The maximum absolute atomic E-state index is 5.70. The van der Waals surface area contributed by atoms with Gasteiger partial charge >= 0.3 is 0 Å². The Morgan fingerprint density at radius 3 is 2.92 bits per heavy atom. The number of halogens is 1. The van der Waals surface area contributed by atoms with E-state index in [4.69, 9.17) is 21.1 Å². The van der Waals surface area contributed by atoms with Crippen LogP contribution in [0.4, 0.5) is 0 Å². The summed E-state index contributed by atoms with van der Waals surface area (Å²) in [6.45, 7) is 3.94. The number of rotatable bonds is 2. The van der Waals surface area contributed by atoms with Gasteiger partial charge in [-0.2, -0.15) is 0 Å². The van der Waals surface area contributed by atoms with Crippen LogP contribution in [-0.2, 0) is 6.42 Å². The molecule has 0 saturated carbocycles. The van der Waals surface area contributed by atoms with E-state index in [-0.39, 0.29) is 0 Å². The molecule has 0 spiro atoms. The third-order valence-corrected chi connectivity index (χ3v) is 1.97. The molecule has 1 aromatic rings. The number of benzene rings is 1. The summed E-state index contributed by atoms with van der Waals surface area (Å²) in [7, 11) is 0. The smallest absolute Gasteiger partial charge is 0.231 e. The second-order valence-electron chi connectivity index (χ2n) is 2.88. The Morgan fingerprint density at radius 2 is 2.15 bits per heavy atom. The van der Waals surface area contributed by atoms with E-state index in [0.29, 0.717) is 18.2 Å². The van der Waals surface area contributed by atoms with Gasteiger partial charge in [0, 0.05) is 11.5 Å². The number of hydrogen-bond donors (Lipinski definition) is 0. The minimum Gasteiger partial charge on any atom is -0.454 e.